The molecule has 0 radical (unpaired) electrons. The van der Waals surface area contributed by atoms with E-state index in [1.165, 1.54) is 17.2 Å². The third kappa shape index (κ3) is 4.22. The molecule has 0 N–H and O–H groups in total. The minimum Gasteiger partial charge on any atom is -0.328 e. The SMILES string of the molecule is C=CC(=O)N1CCN(c2ccc(C#Cc3cc(-c4cnn(C)c4)cn4ncc(C#N)c34)cc2)C(=O)C1. The zero-order valence-electron chi connectivity index (χ0n) is 19.5. The van der Waals surface area contributed by atoms with E-state index in [0.717, 1.165) is 22.4 Å². The van der Waals surface area contributed by atoms with Gasteiger partial charge in [-0.25, -0.2) is 4.52 Å². The Hall–Kier alpha value is -5.15. The van der Waals surface area contributed by atoms with Gasteiger partial charge in [0.2, 0.25) is 11.8 Å². The lowest BCUT2D eigenvalue weighted by Gasteiger charge is -2.33. The van der Waals surface area contributed by atoms with E-state index in [-0.39, 0.29) is 18.4 Å². The minimum absolute atomic E-state index is 0.0300. The van der Waals surface area contributed by atoms with Crippen molar-refractivity contribution in [3.63, 3.8) is 0 Å². The molecule has 9 heteroatoms. The molecular formula is C27H21N7O2. The van der Waals surface area contributed by atoms with E-state index in [2.05, 4.69) is 34.7 Å². The van der Waals surface area contributed by atoms with Crippen LogP contribution in [0.5, 0.6) is 0 Å². The number of nitriles is 1. The molecule has 0 unspecified atom stereocenters. The number of piperazine rings is 1. The van der Waals surface area contributed by atoms with Gasteiger partial charge in [0.1, 0.15) is 12.6 Å². The molecule has 36 heavy (non-hydrogen) atoms. The first-order valence-electron chi connectivity index (χ1n) is 11.2. The Morgan fingerprint density at radius 3 is 2.53 bits per heavy atom. The number of nitrogens with zero attached hydrogens (tertiary/aromatic N) is 7. The number of hydrogen-bond acceptors (Lipinski definition) is 5. The number of aryl methyl sites for hydroxylation is 1. The number of rotatable bonds is 3. The van der Waals surface area contributed by atoms with Gasteiger partial charge in [0.05, 0.1) is 29.0 Å². The summed E-state index contributed by atoms with van der Waals surface area (Å²) >= 11 is 0. The predicted molar refractivity (Wildman–Crippen MR) is 134 cm³/mol. The highest BCUT2D eigenvalue weighted by Gasteiger charge is 2.26. The first kappa shape index (κ1) is 22.6. The van der Waals surface area contributed by atoms with Gasteiger partial charge in [-0.15, -0.1) is 0 Å². The van der Waals surface area contributed by atoms with Crippen molar-refractivity contribution >= 4 is 23.0 Å². The van der Waals surface area contributed by atoms with E-state index in [1.807, 2.05) is 49.8 Å². The fourth-order valence-corrected chi connectivity index (χ4v) is 4.15. The highest BCUT2D eigenvalue weighted by molar-refractivity contribution is 5.99. The number of fused-ring (bicyclic) bond motifs is 1. The van der Waals surface area contributed by atoms with Crippen molar-refractivity contribution < 1.29 is 9.59 Å². The van der Waals surface area contributed by atoms with Gasteiger partial charge < -0.3 is 9.80 Å². The summed E-state index contributed by atoms with van der Waals surface area (Å²) in [6.45, 7) is 4.38. The standard InChI is InChI=1S/C27H21N7O2/c1-3-25(35)32-10-11-33(26(36)18-32)24-8-5-19(6-9-24)4-7-20-12-21(23-15-29-31(2)16-23)17-34-27(20)22(13-28)14-30-34/h3,5-6,8-9,12,14-17H,1,10-11,18H2,2H3. The van der Waals surface area contributed by atoms with E-state index in [9.17, 15) is 14.9 Å². The molecule has 0 saturated carbocycles. The Kier molecular flexibility index (Phi) is 5.81. The highest BCUT2D eigenvalue weighted by atomic mass is 16.2. The second kappa shape index (κ2) is 9.24. The number of pyridine rings is 1. The molecule has 0 atom stereocenters. The lowest BCUT2D eigenvalue weighted by Crippen LogP contribution is -2.52. The number of carbonyl (C=O) groups excluding carboxylic acids is 2. The number of benzene rings is 1. The molecule has 0 spiro atoms. The van der Waals surface area contributed by atoms with Gasteiger partial charge in [-0.1, -0.05) is 18.4 Å². The van der Waals surface area contributed by atoms with Crippen molar-refractivity contribution in [2.24, 2.45) is 7.05 Å². The zero-order valence-corrected chi connectivity index (χ0v) is 19.5. The lowest BCUT2D eigenvalue weighted by atomic mass is 10.1. The monoisotopic (exact) mass is 475 g/mol. The van der Waals surface area contributed by atoms with Crippen LogP contribution in [-0.4, -0.2) is 55.7 Å². The predicted octanol–water partition coefficient (Wildman–Crippen LogP) is 2.37. The van der Waals surface area contributed by atoms with Crippen molar-refractivity contribution in [1.29, 1.82) is 5.26 Å². The number of aromatic nitrogens is 4. The molecule has 4 aromatic rings. The van der Waals surface area contributed by atoms with Gasteiger partial charge in [0, 0.05) is 54.9 Å². The second-order valence-electron chi connectivity index (χ2n) is 8.31. The topological polar surface area (TPSA) is 99.5 Å². The molecule has 3 aromatic heterocycles. The maximum absolute atomic E-state index is 12.6. The second-order valence-corrected chi connectivity index (χ2v) is 8.31. The molecular weight excluding hydrogens is 454 g/mol. The van der Waals surface area contributed by atoms with Crippen molar-refractivity contribution in [2.75, 3.05) is 24.5 Å². The fraction of sp³-hybridized carbons (Fsp3) is 0.148. The molecule has 2 amide bonds. The first-order valence-corrected chi connectivity index (χ1v) is 11.2. The summed E-state index contributed by atoms with van der Waals surface area (Å²) in [6.07, 6.45) is 8.27. The number of anilines is 1. The molecule has 9 nitrogen and oxygen atoms in total. The summed E-state index contributed by atoms with van der Waals surface area (Å²) in [6, 6.07) is 11.5. The van der Waals surface area contributed by atoms with Gasteiger partial charge >= 0.3 is 0 Å². The molecule has 1 saturated heterocycles. The minimum atomic E-state index is -0.243. The average Bonchev–Trinajstić information content (AvgIpc) is 3.53. The molecule has 1 aromatic carbocycles. The van der Waals surface area contributed by atoms with Crippen LogP contribution < -0.4 is 4.90 Å². The normalized spacial score (nSPS) is 13.3. The lowest BCUT2D eigenvalue weighted by molar-refractivity contribution is -0.133. The maximum atomic E-state index is 12.6. The zero-order chi connectivity index (χ0) is 25.2. The van der Waals surface area contributed by atoms with Crippen LogP contribution in [0.2, 0.25) is 0 Å². The Balaban J connectivity index is 1.43. The number of amides is 2. The summed E-state index contributed by atoms with van der Waals surface area (Å²) in [4.78, 5) is 27.5. The van der Waals surface area contributed by atoms with Gasteiger partial charge in [-0.2, -0.15) is 15.5 Å². The van der Waals surface area contributed by atoms with Crippen molar-refractivity contribution in [2.45, 2.75) is 0 Å². The Labute approximate surface area is 207 Å². The molecule has 0 bridgehead atoms. The fourth-order valence-electron chi connectivity index (χ4n) is 4.15. The number of hydrogen-bond donors (Lipinski definition) is 0. The van der Waals surface area contributed by atoms with E-state index < -0.39 is 0 Å². The summed E-state index contributed by atoms with van der Waals surface area (Å²) < 4.78 is 3.38. The van der Waals surface area contributed by atoms with Gasteiger partial charge in [-0.3, -0.25) is 14.3 Å². The van der Waals surface area contributed by atoms with E-state index >= 15 is 0 Å². The summed E-state index contributed by atoms with van der Waals surface area (Å²) in [5, 5.41) is 18.1. The smallest absolute Gasteiger partial charge is 0.246 e. The first-order chi connectivity index (χ1) is 17.5. The highest BCUT2D eigenvalue weighted by Crippen LogP contribution is 2.24. The van der Waals surface area contributed by atoms with Crippen LogP contribution in [0, 0.1) is 23.2 Å². The van der Waals surface area contributed by atoms with Gasteiger partial charge in [0.25, 0.3) is 0 Å². The van der Waals surface area contributed by atoms with Crippen LogP contribution in [0.15, 0.2) is 67.8 Å². The largest absolute Gasteiger partial charge is 0.328 e. The molecule has 4 heterocycles. The maximum Gasteiger partial charge on any atom is 0.246 e. The van der Waals surface area contributed by atoms with Crippen LogP contribution in [0.4, 0.5) is 5.69 Å². The van der Waals surface area contributed by atoms with Crippen LogP contribution in [0.25, 0.3) is 16.6 Å². The molecule has 0 aliphatic carbocycles. The third-order valence-electron chi connectivity index (χ3n) is 6.00. The van der Waals surface area contributed by atoms with Crippen LogP contribution in [0.1, 0.15) is 16.7 Å². The Bertz CT molecular complexity index is 1610. The third-order valence-corrected chi connectivity index (χ3v) is 6.00. The molecule has 1 aliphatic heterocycles. The van der Waals surface area contributed by atoms with Gasteiger partial charge in [-0.05, 0) is 36.4 Å². The number of carbonyl (C=O) groups is 2. The van der Waals surface area contributed by atoms with E-state index in [4.69, 9.17) is 0 Å². The van der Waals surface area contributed by atoms with E-state index in [0.29, 0.717) is 29.7 Å². The molecule has 176 valence electrons. The van der Waals surface area contributed by atoms with Crippen molar-refractivity contribution in [3.8, 4) is 29.0 Å². The van der Waals surface area contributed by atoms with Crippen molar-refractivity contribution in [1.82, 2.24) is 24.3 Å². The summed E-state index contributed by atoms with van der Waals surface area (Å²) in [5.41, 5.74) is 5.07. The van der Waals surface area contributed by atoms with Gasteiger partial charge in [0.15, 0.2) is 0 Å². The average molecular weight is 476 g/mol. The quantitative estimate of drug-likeness (QED) is 0.335. The Morgan fingerprint density at radius 1 is 1.06 bits per heavy atom. The van der Waals surface area contributed by atoms with Crippen LogP contribution in [0.3, 0.4) is 0 Å². The summed E-state index contributed by atoms with van der Waals surface area (Å²) in [5.74, 6) is 5.96. The van der Waals surface area contributed by atoms with Crippen LogP contribution in [-0.2, 0) is 16.6 Å². The molecule has 1 fully saturated rings. The van der Waals surface area contributed by atoms with E-state index in [1.54, 1.807) is 20.3 Å². The molecule has 1 aliphatic rings. The Morgan fingerprint density at radius 2 is 1.86 bits per heavy atom. The van der Waals surface area contributed by atoms with Crippen molar-refractivity contribution in [3.05, 3.63) is 84.5 Å². The molecule has 5 rings (SSSR count). The van der Waals surface area contributed by atoms with Crippen LogP contribution >= 0.6 is 0 Å². The summed E-state index contributed by atoms with van der Waals surface area (Å²) in [7, 11) is 1.85.